The molecule has 0 aliphatic heterocycles. The summed E-state index contributed by atoms with van der Waals surface area (Å²) in [6.07, 6.45) is 0. The number of carbonyl (C=O) groups excluding carboxylic acids is 1. The summed E-state index contributed by atoms with van der Waals surface area (Å²) in [7, 11) is -2.68. The molecule has 1 N–H and O–H groups in total. The normalized spacial score (nSPS) is 11.1. The minimum Gasteiger partial charge on any atom is -0.456 e. The van der Waals surface area contributed by atoms with Gasteiger partial charge in [0.05, 0.1) is 26.1 Å². The number of benzene rings is 4. The van der Waals surface area contributed by atoms with Gasteiger partial charge in [-0.25, -0.2) is 8.42 Å². The van der Waals surface area contributed by atoms with Crippen LogP contribution < -0.4 is 9.46 Å². The van der Waals surface area contributed by atoms with E-state index in [-0.39, 0.29) is 38.4 Å². The predicted molar refractivity (Wildman–Crippen MR) is 154 cm³/mol. The second-order valence-electron chi connectivity index (χ2n) is 8.49. The van der Waals surface area contributed by atoms with Gasteiger partial charge in [-0.05, 0) is 66.2 Å². The minimum atomic E-state index is -4.13. The van der Waals surface area contributed by atoms with Gasteiger partial charge in [-0.15, -0.1) is 0 Å². The van der Waals surface area contributed by atoms with Crippen LogP contribution in [0.2, 0.25) is 15.1 Å². The lowest BCUT2D eigenvalue weighted by Gasteiger charge is -2.20. The van der Waals surface area contributed by atoms with E-state index in [0.29, 0.717) is 22.1 Å². The fourth-order valence-electron chi connectivity index (χ4n) is 3.66. The summed E-state index contributed by atoms with van der Waals surface area (Å²) in [5.74, 6) is 0.194. The van der Waals surface area contributed by atoms with E-state index in [2.05, 4.69) is 4.72 Å². The zero-order valence-electron chi connectivity index (χ0n) is 20.7. The molecule has 0 aliphatic rings. The number of sulfonamides is 1. The second-order valence-corrected chi connectivity index (χ2v) is 11.4. The van der Waals surface area contributed by atoms with Gasteiger partial charge in [-0.2, -0.15) is 0 Å². The Bertz CT molecular complexity index is 1700. The number of rotatable bonds is 9. The monoisotopic (exact) mass is 619 g/mol. The van der Waals surface area contributed by atoms with Crippen LogP contribution in [0.4, 0.5) is 11.4 Å². The van der Waals surface area contributed by atoms with E-state index < -0.39 is 20.9 Å². The Kier molecular flexibility index (Phi) is 8.85. The van der Waals surface area contributed by atoms with Crippen molar-refractivity contribution < 1.29 is 22.9 Å². The summed E-state index contributed by atoms with van der Waals surface area (Å²) in [5.41, 5.74) is 0.122. The number of halogens is 3. The molecular weight excluding hydrogens is 601 g/mol. The van der Waals surface area contributed by atoms with Crippen molar-refractivity contribution in [3.05, 3.63) is 121 Å². The number of ether oxygens (including phenoxy) is 1. The summed E-state index contributed by atoms with van der Waals surface area (Å²) in [6, 6.07) is 20.5. The zero-order chi connectivity index (χ0) is 29.0. The van der Waals surface area contributed by atoms with Gasteiger partial charge in [-0.1, -0.05) is 46.9 Å². The van der Waals surface area contributed by atoms with Crippen LogP contribution in [0.5, 0.6) is 11.5 Å². The number of carbonyl (C=O) groups is 1. The number of nitro benzene ring substituents is 1. The lowest BCUT2D eigenvalue weighted by Crippen LogP contribution is -2.28. The maximum Gasteiger partial charge on any atom is 0.269 e. The van der Waals surface area contributed by atoms with Crippen molar-refractivity contribution in [1.29, 1.82) is 0 Å². The van der Waals surface area contributed by atoms with Gasteiger partial charge in [0.25, 0.3) is 21.6 Å². The van der Waals surface area contributed by atoms with Crippen molar-refractivity contribution in [2.24, 2.45) is 0 Å². The van der Waals surface area contributed by atoms with Gasteiger partial charge in [0.2, 0.25) is 0 Å². The highest BCUT2D eigenvalue weighted by atomic mass is 35.5. The molecule has 0 atom stereocenters. The zero-order valence-corrected chi connectivity index (χ0v) is 23.8. The smallest absolute Gasteiger partial charge is 0.269 e. The second kappa shape index (κ2) is 12.1. The third-order valence-corrected chi connectivity index (χ3v) is 7.95. The molecule has 206 valence electrons. The number of nitro groups is 1. The van der Waals surface area contributed by atoms with E-state index in [0.717, 1.165) is 0 Å². The van der Waals surface area contributed by atoms with Gasteiger partial charge in [-0.3, -0.25) is 19.6 Å². The topological polar surface area (TPSA) is 119 Å². The lowest BCUT2D eigenvalue weighted by molar-refractivity contribution is -0.384. The molecule has 0 bridgehead atoms. The van der Waals surface area contributed by atoms with Crippen LogP contribution >= 0.6 is 34.8 Å². The number of nitrogens with one attached hydrogen (secondary N) is 1. The van der Waals surface area contributed by atoms with Gasteiger partial charge in [0.15, 0.2) is 0 Å². The van der Waals surface area contributed by atoms with E-state index in [4.69, 9.17) is 39.5 Å². The van der Waals surface area contributed by atoms with Gasteiger partial charge in [0, 0.05) is 35.8 Å². The molecule has 0 aliphatic carbocycles. The highest BCUT2D eigenvalue weighted by Gasteiger charge is 2.23. The van der Waals surface area contributed by atoms with Crippen LogP contribution in [0.3, 0.4) is 0 Å². The fraction of sp³-hybridized carbons (Fsp3) is 0.0741. The summed E-state index contributed by atoms with van der Waals surface area (Å²) in [5, 5.41) is 12.0. The van der Waals surface area contributed by atoms with Gasteiger partial charge < -0.3 is 9.64 Å². The molecule has 0 radical (unpaired) electrons. The molecule has 40 heavy (non-hydrogen) atoms. The largest absolute Gasteiger partial charge is 0.456 e. The van der Waals surface area contributed by atoms with Gasteiger partial charge >= 0.3 is 0 Å². The molecule has 4 aromatic carbocycles. The highest BCUT2D eigenvalue weighted by molar-refractivity contribution is 7.92. The van der Waals surface area contributed by atoms with E-state index in [1.54, 1.807) is 24.3 Å². The first-order valence-corrected chi connectivity index (χ1v) is 14.1. The predicted octanol–water partition coefficient (Wildman–Crippen LogP) is 7.42. The van der Waals surface area contributed by atoms with Crippen molar-refractivity contribution in [1.82, 2.24) is 4.90 Å². The Morgan fingerprint density at radius 2 is 1.65 bits per heavy atom. The van der Waals surface area contributed by atoms with Crippen molar-refractivity contribution >= 4 is 62.1 Å². The van der Waals surface area contributed by atoms with Gasteiger partial charge in [0.1, 0.15) is 11.5 Å². The Morgan fingerprint density at radius 1 is 0.950 bits per heavy atom. The molecule has 0 saturated heterocycles. The molecule has 4 aromatic rings. The summed E-state index contributed by atoms with van der Waals surface area (Å²) >= 11 is 18.4. The Balaban J connectivity index is 1.55. The van der Waals surface area contributed by atoms with Crippen LogP contribution in [-0.2, 0) is 16.6 Å². The fourth-order valence-corrected chi connectivity index (χ4v) is 5.26. The molecule has 9 nitrogen and oxygen atoms in total. The summed E-state index contributed by atoms with van der Waals surface area (Å²) in [4.78, 5) is 25.1. The number of nitrogens with zero attached hydrogens (tertiary/aromatic N) is 2. The lowest BCUT2D eigenvalue weighted by atomic mass is 10.1. The molecule has 4 rings (SSSR count). The SMILES string of the molecule is CN(Cc1cc([N+](=O)[O-])ccc1Cl)C(=O)c1cc(Cl)ccc1NS(=O)(=O)c1ccc(Oc2ccccc2Cl)cc1. The quantitative estimate of drug-likeness (QED) is 0.154. The van der Waals surface area contributed by atoms with E-state index in [9.17, 15) is 23.3 Å². The third-order valence-electron chi connectivity index (χ3n) is 5.65. The number of hydrogen-bond acceptors (Lipinski definition) is 6. The number of non-ortho nitro benzene ring substituents is 1. The molecule has 0 fully saturated rings. The van der Waals surface area contributed by atoms with Crippen molar-refractivity contribution in [3.8, 4) is 11.5 Å². The maximum atomic E-state index is 13.3. The van der Waals surface area contributed by atoms with Crippen LogP contribution in [0.15, 0.2) is 89.8 Å². The number of amides is 1. The average molecular weight is 621 g/mol. The maximum absolute atomic E-state index is 13.3. The highest BCUT2D eigenvalue weighted by Crippen LogP contribution is 2.31. The van der Waals surface area contributed by atoms with Crippen molar-refractivity contribution in [2.45, 2.75) is 11.4 Å². The standard InChI is InChI=1S/C27H20Cl3N3O6S/c1-32(16-17-14-19(33(35)36)7-12-23(17)29)27(34)22-15-18(28)6-13-25(22)31-40(37,38)21-10-8-20(9-11-21)39-26-5-3-2-4-24(26)30/h2-15,31H,16H2,1H3. The number of anilines is 1. The Hall–Kier alpha value is -3.83. The Morgan fingerprint density at radius 3 is 2.33 bits per heavy atom. The van der Waals surface area contributed by atoms with Crippen LogP contribution in [-0.4, -0.2) is 31.2 Å². The molecular formula is C27H20Cl3N3O6S. The van der Waals surface area contributed by atoms with E-state index >= 15 is 0 Å². The van der Waals surface area contributed by atoms with E-state index in [1.807, 2.05) is 0 Å². The van der Waals surface area contributed by atoms with Crippen LogP contribution in [0.25, 0.3) is 0 Å². The van der Waals surface area contributed by atoms with Crippen LogP contribution in [0, 0.1) is 10.1 Å². The first-order valence-electron chi connectivity index (χ1n) is 11.5. The third kappa shape index (κ3) is 6.83. The van der Waals surface area contributed by atoms with E-state index in [1.165, 1.54) is 72.6 Å². The van der Waals surface area contributed by atoms with Crippen molar-refractivity contribution in [2.75, 3.05) is 11.8 Å². The first-order chi connectivity index (χ1) is 18.9. The molecule has 13 heteroatoms. The molecule has 0 saturated carbocycles. The Labute approximate surface area is 245 Å². The minimum absolute atomic E-state index is 0.0113. The molecule has 0 unspecified atom stereocenters. The molecule has 0 aromatic heterocycles. The average Bonchev–Trinajstić information content (AvgIpc) is 2.92. The number of hydrogen-bond donors (Lipinski definition) is 1. The molecule has 0 spiro atoms. The molecule has 0 heterocycles. The summed E-state index contributed by atoms with van der Waals surface area (Å²) < 4.78 is 34.5. The summed E-state index contributed by atoms with van der Waals surface area (Å²) in [6.45, 7) is -0.0784. The molecule has 1 amide bonds. The number of para-hydroxylation sites is 1. The first kappa shape index (κ1) is 29.2. The van der Waals surface area contributed by atoms with Crippen LogP contribution in [0.1, 0.15) is 15.9 Å². The van der Waals surface area contributed by atoms with Crippen molar-refractivity contribution in [3.63, 3.8) is 0 Å².